The van der Waals surface area contributed by atoms with Gasteiger partial charge in [-0.1, -0.05) is 37.0 Å². The largest absolute Gasteiger partial charge is 0.281 e. The molecule has 4 heteroatoms. The molecule has 0 bridgehead atoms. The second-order valence-corrected chi connectivity index (χ2v) is 4.97. The molecule has 1 aliphatic rings. The molecule has 0 aromatic carbocycles. The molecule has 0 N–H and O–H groups in total. The van der Waals surface area contributed by atoms with Crippen LogP contribution in [0, 0.1) is 17.3 Å². The molecule has 1 aliphatic carbocycles. The van der Waals surface area contributed by atoms with Crippen LogP contribution in [0.15, 0.2) is 10.6 Å². The van der Waals surface area contributed by atoms with Gasteiger partial charge in [-0.05, 0) is 29.0 Å². The summed E-state index contributed by atoms with van der Waals surface area (Å²) >= 11 is 16.3. The Hall–Kier alpha value is 0.280. The molecule has 0 aliphatic heterocycles. The molecule has 0 unspecified atom stereocenters. The van der Waals surface area contributed by atoms with Crippen molar-refractivity contribution in [3.05, 3.63) is 10.6 Å². The van der Waals surface area contributed by atoms with E-state index in [0.717, 1.165) is 0 Å². The molecule has 0 aromatic rings. The number of carbonyl (C=O) groups excluding carboxylic acids is 1. The van der Waals surface area contributed by atoms with E-state index in [1.807, 2.05) is 13.8 Å². The lowest BCUT2D eigenvalue weighted by atomic mass is 10.1. The van der Waals surface area contributed by atoms with E-state index in [0.29, 0.717) is 0 Å². The first-order valence-corrected chi connectivity index (χ1v) is 4.73. The molecular weight excluding hydrogens is 218 g/mol. The summed E-state index contributed by atoms with van der Waals surface area (Å²) in [5.74, 6) is -0.0424. The topological polar surface area (TPSA) is 17.1 Å². The van der Waals surface area contributed by atoms with Crippen molar-refractivity contribution in [1.29, 1.82) is 0 Å². The highest BCUT2D eigenvalue weighted by molar-refractivity contribution is 6.64. The van der Waals surface area contributed by atoms with Crippen LogP contribution >= 0.6 is 34.8 Å². The standard InChI is InChI=1S/C8H9Cl3O/c1-8(2)4(3-5(9)10)6(8)7(11)12/h3-4,6H,1-2H3/t4-,6-/m0/s1. The van der Waals surface area contributed by atoms with Crippen molar-refractivity contribution in [1.82, 2.24) is 0 Å². The Balaban J connectivity index is 2.73. The monoisotopic (exact) mass is 226 g/mol. The highest BCUT2D eigenvalue weighted by Crippen LogP contribution is 2.60. The van der Waals surface area contributed by atoms with Gasteiger partial charge in [0.25, 0.3) is 0 Å². The first kappa shape index (κ1) is 10.4. The quantitative estimate of drug-likeness (QED) is 0.661. The number of rotatable bonds is 2. The molecule has 1 fully saturated rings. The number of hydrogen-bond donors (Lipinski definition) is 0. The zero-order valence-corrected chi connectivity index (χ0v) is 9.04. The lowest BCUT2D eigenvalue weighted by Gasteiger charge is -1.96. The molecule has 1 rings (SSSR count). The van der Waals surface area contributed by atoms with E-state index in [2.05, 4.69) is 0 Å². The zero-order chi connectivity index (χ0) is 9.52. The highest BCUT2D eigenvalue weighted by Gasteiger charge is 2.60. The van der Waals surface area contributed by atoms with Gasteiger partial charge < -0.3 is 0 Å². The Morgan fingerprint density at radius 2 is 1.83 bits per heavy atom. The molecule has 2 atom stereocenters. The smallest absolute Gasteiger partial charge is 0.225 e. The van der Waals surface area contributed by atoms with E-state index in [1.54, 1.807) is 6.08 Å². The first-order chi connectivity index (χ1) is 5.37. The fourth-order valence-corrected chi connectivity index (χ4v) is 2.25. The van der Waals surface area contributed by atoms with Crippen LogP contribution in [0.3, 0.4) is 0 Å². The predicted molar refractivity (Wildman–Crippen MR) is 51.4 cm³/mol. The third-order valence-electron chi connectivity index (χ3n) is 2.46. The molecule has 68 valence electrons. The molecule has 12 heavy (non-hydrogen) atoms. The summed E-state index contributed by atoms with van der Waals surface area (Å²) in [6.45, 7) is 3.94. The first-order valence-electron chi connectivity index (χ1n) is 3.59. The van der Waals surface area contributed by atoms with Gasteiger partial charge in [-0.3, -0.25) is 4.79 Å². The summed E-state index contributed by atoms with van der Waals surface area (Å²) in [5, 5.41) is -0.309. The molecule has 0 saturated heterocycles. The summed E-state index contributed by atoms with van der Waals surface area (Å²) in [5.41, 5.74) is -0.0894. The van der Waals surface area contributed by atoms with Crippen LogP contribution in [0.4, 0.5) is 0 Å². The van der Waals surface area contributed by atoms with E-state index in [1.165, 1.54) is 0 Å². The third kappa shape index (κ3) is 1.78. The van der Waals surface area contributed by atoms with E-state index >= 15 is 0 Å². The van der Waals surface area contributed by atoms with Crippen LogP contribution < -0.4 is 0 Å². The van der Waals surface area contributed by atoms with Gasteiger partial charge in [0.1, 0.15) is 4.49 Å². The molecule has 0 radical (unpaired) electrons. The van der Waals surface area contributed by atoms with Crippen molar-refractivity contribution in [2.75, 3.05) is 0 Å². The third-order valence-corrected chi connectivity index (χ3v) is 2.95. The van der Waals surface area contributed by atoms with Crippen LogP contribution in [0.5, 0.6) is 0 Å². The Morgan fingerprint density at radius 3 is 2.08 bits per heavy atom. The van der Waals surface area contributed by atoms with Crippen LogP contribution in [0.25, 0.3) is 0 Å². The lowest BCUT2D eigenvalue weighted by molar-refractivity contribution is -0.113. The van der Waals surface area contributed by atoms with Gasteiger partial charge in [-0.25, -0.2) is 0 Å². The molecular formula is C8H9Cl3O. The number of halogens is 3. The maximum absolute atomic E-state index is 10.9. The average molecular weight is 228 g/mol. The number of hydrogen-bond acceptors (Lipinski definition) is 1. The summed E-state index contributed by atoms with van der Waals surface area (Å²) in [7, 11) is 0. The van der Waals surface area contributed by atoms with Crippen LogP contribution in [-0.4, -0.2) is 5.24 Å². The Morgan fingerprint density at radius 1 is 1.33 bits per heavy atom. The molecule has 0 amide bonds. The fourth-order valence-electron chi connectivity index (χ4n) is 1.56. The minimum atomic E-state index is -0.309. The molecule has 1 nitrogen and oxygen atoms in total. The van der Waals surface area contributed by atoms with Gasteiger partial charge in [0.2, 0.25) is 5.24 Å². The summed E-state index contributed by atoms with van der Waals surface area (Å²) in [6.07, 6.45) is 1.67. The second kappa shape index (κ2) is 3.21. The van der Waals surface area contributed by atoms with Crippen molar-refractivity contribution in [3.8, 4) is 0 Å². The fraction of sp³-hybridized carbons (Fsp3) is 0.625. The SMILES string of the molecule is CC1(C)[C@H](C(=O)Cl)[C@@H]1C=C(Cl)Cl. The van der Waals surface area contributed by atoms with Crippen LogP contribution in [0.2, 0.25) is 0 Å². The van der Waals surface area contributed by atoms with Gasteiger partial charge >= 0.3 is 0 Å². The van der Waals surface area contributed by atoms with E-state index in [9.17, 15) is 4.79 Å². The van der Waals surface area contributed by atoms with E-state index in [4.69, 9.17) is 34.8 Å². The van der Waals surface area contributed by atoms with Gasteiger partial charge in [-0.15, -0.1) is 0 Å². The minimum Gasteiger partial charge on any atom is -0.281 e. The number of allylic oxidation sites excluding steroid dienone is 1. The molecule has 0 heterocycles. The molecule has 0 spiro atoms. The van der Waals surface area contributed by atoms with Gasteiger partial charge in [0.15, 0.2) is 0 Å². The van der Waals surface area contributed by atoms with Gasteiger partial charge in [-0.2, -0.15) is 0 Å². The van der Waals surface area contributed by atoms with E-state index in [-0.39, 0.29) is 27.0 Å². The van der Waals surface area contributed by atoms with Crippen molar-refractivity contribution in [2.45, 2.75) is 13.8 Å². The lowest BCUT2D eigenvalue weighted by Crippen LogP contribution is -1.96. The van der Waals surface area contributed by atoms with Crippen molar-refractivity contribution < 1.29 is 4.79 Å². The van der Waals surface area contributed by atoms with Gasteiger partial charge in [0, 0.05) is 5.92 Å². The summed E-state index contributed by atoms with van der Waals surface area (Å²) in [4.78, 5) is 10.9. The van der Waals surface area contributed by atoms with E-state index < -0.39 is 0 Å². The predicted octanol–water partition coefficient (Wildman–Crippen LogP) is 3.34. The van der Waals surface area contributed by atoms with Crippen LogP contribution in [-0.2, 0) is 4.79 Å². The summed E-state index contributed by atoms with van der Waals surface area (Å²) in [6, 6.07) is 0. The maximum Gasteiger partial charge on any atom is 0.225 e. The summed E-state index contributed by atoms with van der Waals surface area (Å²) < 4.78 is 0.202. The number of carbonyl (C=O) groups is 1. The molecule has 0 aromatic heterocycles. The highest BCUT2D eigenvalue weighted by atomic mass is 35.5. The maximum atomic E-state index is 10.9. The van der Waals surface area contributed by atoms with Crippen molar-refractivity contribution >= 4 is 40.0 Å². The van der Waals surface area contributed by atoms with Crippen molar-refractivity contribution in [3.63, 3.8) is 0 Å². The molecule has 1 saturated carbocycles. The Kier molecular flexibility index (Phi) is 2.77. The zero-order valence-electron chi connectivity index (χ0n) is 6.77. The minimum absolute atomic E-state index is 0.0894. The second-order valence-electron chi connectivity index (χ2n) is 3.59. The van der Waals surface area contributed by atoms with Gasteiger partial charge in [0.05, 0.1) is 0 Å². The average Bonchev–Trinajstić information content (AvgIpc) is 2.32. The normalized spacial score (nSPS) is 31.1. The van der Waals surface area contributed by atoms with Crippen molar-refractivity contribution in [2.24, 2.45) is 17.3 Å². The Labute approximate surface area is 86.7 Å². The van der Waals surface area contributed by atoms with Crippen LogP contribution in [0.1, 0.15) is 13.8 Å². The Bertz CT molecular complexity index is 241.